The summed E-state index contributed by atoms with van der Waals surface area (Å²) in [6.07, 6.45) is 3.32. The van der Waals surface area contributed by atoms with E-state index < -0.39 is 0 Å². The van der Waals surface area contributed by atoms with Gasteiger partial charge in [-0.05, 0) is 43.5 Å². The van der Waals surface area contributed by atoms with Gasteiger partial charge >= 0.3 is 0 Å². The van der Waals surface area contributed by atoms with Crippen LogP contribution in [0.3, 0.4) is 0 Å². The summed E-state index contributed by atoms with van der Waals surface area (Å²) in [7, 11) is 1.80. The summed E-state index contributed by atoms with van der Waals surface area (Å²) in [6.45, 7) is 4.29. The Morgan fingerprint density at radius 2 is 1.85 bits per heavy atom. The molecule has 2 atom stereocenters. The molecule has 2 aliphatic carbocycles. The van der Waals surface area contributed by atoms with E-state index >= 15 is 0 Å². The van der Waals surface area contributed by atoms with Gasteiger partial charge in [0.2, 0.25) is 0 Å². The predicted molar refractivity (Wildman–Crippen MR) is 78.0 cm³/mol. The molecule has 1 heterocycles. The Bertz CT molecular complexity index is 738. The average molecular weight is 267 g/mol. The molecule has 2 aliphatic rings. The van der Waals surface area contributed by atoms with Crippen molar-refractivity contribution in [3.63, 3.8) is 0 Å². The standard InChI is InChI=1S/C16H17N3O/c1-10-11(2)16(20-3)9-12(16)8-15(10)19-17-13-6-4-5-7-14(13)18-19/h4-8,12H,9H2,1-3H3. The molecular formula is C16H17N3O. The molecule has 4 nitrogen and oxygen atoms in total. The average Bonchev–Trinajstić information content (AvgIpc) is 3.04. The molecule has 0 aliphatic heterocycles. The number of nitrogens with zero attached hydrogens (tertiary/aromatic N) is 3. The molecule has 2 aromatic rings. The molecule has 0 saturated heterocycles. The molecule has 20 heavy (non-hydrogen) atoms. The monoisotopic (exact) mass is 267 g/mol. The van der Waals surface area contributed by atoms with E-state index in [1.54, 1.807) is 11.9 Å². The van der Waals surface area contributed by atoms with Crippen LogP contribution in [0, 0.1) is 5.92 Å². The molecule has 0 spiro atoms. The van der Waals surface area contributed by atoms with Crippen molar-refractivity contribution in [3.05, 3.63) is 41.5 Å². The van der Waals surface area contributed by atoms with Crippen LogP contribution in [0.2, 0.25) is 0 Å². The van der Waals surface area contributed by atoms with Gasteiger partial charge in [-0.3, -0.25) is 0 Å². The van der Waals surface area contributed by atoms with Gasteiger partial charge in [0.05, 0.1) is 11.3 Å². The second-order valence-corrected chi connectivity index (χ2v) is 5.68. The first kappa shape index (κ1) is 11.9. The number of methoxy groups -OCH3 is 1. The molecule has 4 rings (SSSR count). The van der Waals surface area contributed by atoms with Crippen LogP contribution < -0.4 is 0 Å². The van der Waals surface area contributed by atoms with Gasteiger partial charge in [0, 0.05) is 13.0 Å². The molecule has 2 unspecified atom stereocenters. The van der Waals surface area contributed by atoms with Crippen molar-refractivity contribution < 1.29 is 4.74 Å². The van der Waals surface area contributed by atoms with Gasteiger partial charge < -0.3 is 4.74 Å². The molecule has 4 heteroatoms. The van der Waals surface area contributed by atoms with Gasteiger partial charge in [0.25, 0.3) is 0 Å². The zero-order valence-corrected chi connectivity index (χ0v) is 11.9. The number of aromatic nitrogens is 3. The Balaban J connectivity index is 1.84. The van der Waals surface area contributed by atoms with Crippen LogP contribution in [0.1, 0.15) is 20.3 Å². The maximum absolute atomic E-state index is 5.73. The first-order valence-electron chi connectivity index (χ1n) is 6.93. The number of rotatable bonds is 2. The van der Waals surface area contributed by atoms with E-state index in [0.717, 1.165) is 23.2 Å². The number of hydrogen-bond acceptors (Lipinski definition) is 3. The minimum absolute atomic E-state index is 0.0554. The Kier molecular flexibility index (Phi) is 2.25. The lowest BCUT2D eigenvalue weighted by molar-refractivity contribution is 0.100. The largest absolute Gasteiger partial charge is 0.373 e. The minimum Gasteiger partial charge on any atom is -0.373 e. The predicted octanol–water partition coefficient (Wildman–Crippen LogP) is 3.03. The molecule has 0 radical (unpaired) electrons. The molecule has 1 saturated carbocycles. The van der Waals surface area contributed by atoms with E-state index in [1.807, 2.05) is 24.3 Å². The fourth-order valence-corrected chi connectivity index (χ4v) is 3.29. The number of allylic oxidation sites excluding steroid dienone is 2. The molecule has 1 aromatic carbocycles. The summed E-state index contributed by atoms with van der Waals surface area (Å²) >= 11 is 0. The topological polar surface area (TPSA) is 39.9 Å². The molecule has 102 valence electrons. The van der Waals surface area contributed by atoms with Crippen LogP contribution in [-0.4, -0.2) is 27.7 Å². The van der Waals surface area contributed by atoms with Crippen molar-refractivity contribution >= 4 is 16.7 Å². The zero-order chi connectivity index (χ0) is 13.9. The summed E-state index contributed by atoms with van der Waals surface area (Å²) < 4.78 is 5.73. The lowest BCUT2D eigenvalue weighted by Crippen LogP contribution is -2.22. The zero-order valence-electron chi connectivity index (χ0n) is 11.9. The highest BCUT2D eigenvalue weighted by Crippen LogP contribution is 2.57. The summed E-state index contributed by atoms with van der Waals surface area (Å²) in [5.74, 6) is 0.459. The van der Waals surface area contributed by atoms with Crippen molar-refractivity contribution in [1.82, 2.24) is 15.0 Å². The maximum Gasteiger partial charge on any atom is 0.113 e. The van der Waals surface area contributed by atoms with E-state index in [2.05, 4.69) is 30.1 Å². The fraction of sp³-hybridized carbons (Fsp3) is 0.375. The summed E-state index contributed by atoms with van der Waals surface area (Å²) in [4.78, 5) is 1.77. The third kappa shape index (κ3) is 1.40. The first-order chi connectivity index (χ1) is 9.65. The van der Waals surface area contributed by atoms with Gasteiger partial charge in [0.1, 0.15) is 11.0 Å². The quantitative estimate of drug-likeness (QED) is 0.839. The van der Waals surface area contributed by atoms with Crippen LogP contribution in [0.4, 0.5) is 0 Å². The van der Waals surface area contributed by atoms with Gasteiger partial charge in [-0.25, -0.2) is 0 Å². The molecule has 1 fully saturated rings. The third-order valence-electron chi connectivity index (χ3n) is 4.77. The third-order valence-corrected chi connectivity index (χ3v) is 4.77. The highest BCUT2D eigenvalue weighted by Gasteiger charge is 2.57. The molecule has 0 N–H and O–H groups in total. The van der Waals surface area contributed by atoms with Crippen molar-refractivity contribution in [3.8, 4) is 0 Å². The van der Waals surface area contributed by atoms with E-state index in [1.165, 1.54) is 11.1 Å². The number of fused-ring (bicyclic) bond motifs is 2. The van der Waals surface area contributed by atoms with Crippen molar-refractivity contribution in [1.29, 1.82) is 0 Å². The second kappa shape index (κ2) is 3.79. The highest BCUT2D eigenvalue weighted by atomic mass is 16.5. The molecular weight excluding hydrogens is 250 g/mol. The molecule has 0 bridgehead atoms. The van der Waals surface area contributed by atoms with E-state index in [0.29, 0.717) is 5.92 Å². The fourth-order valence-electron chi connectivity index (χ4n) is 3.29. The SMILES string of the molecule is COC12CC1C=C(n1nc3ccccc3n1)C(C)=C2C. The Labute approximate surface area is 117 Å². The smallest absolute Gasteiger partial charge is 0.113 e. The minimum atomic E-state index is -0.0554. The van der Waals surface area contributed by atoms with Crippen molar-refractivity contribution in [2.75, 3.05) is 7.11 Å². The molecule has 1 aromatic heterocycles. The normalized spacial score (nSPS) is 28.6. The lowest BCUT2D eigenvalue weighted by atomic mass is 9.94. The maximum atomic E-state index is 5.73. The second-order valence-electron chi connectivity index (χ2n) is 5.68. The van der Waals surface area contributed by atoms with E-state index in [-0.39, 0.29) is 5.60 Å². The Hall–Kier alpha value is -1.94. The Morgan fingerprint density at radius 1 is 1.20 bits per heavy atom. The Morgan fingerprint density at radius 3 is 2.45 bits per heavy atom. The number of benzene rings is 1. The summed E-state index contributed by atoms with van der Waals surface area (Å²) in [5, 5.41) is 9.17. The van der Waals surface area contributed by atoms with Crippen LogP contribution in [0.5, 0.6) is 0 Å². The van der Waals surface area contributed by atoms with Gasteiger partial charge in [-0.15, -0.1) is 10.2 Å². The van der Waals surface area contributed by atoms with Crippen molar-refractivity contribution in [2.45, 2.75) is 25.9 Å². The van der Waals surface area contributed by atoms with Gasteiger partial charge in [0.15, 0.2) is 0 Å². The van der Waals surface area contributed by atoms with Gasteiger partial charge in [-0.1, -0.05) is 18.2 Å². The van der Waals surface area contributed by atoms with E-state index in [9.17, 15) is 0 Å². The van der Waals surface area contributed by atoms with Gasteiger partial charge in [-0.2, -0.15) is 4.80 Å². The summed E-state index contributed by atoms with van der Waals surface area (Å²) in [6, 6.07) is 7.96. The first-order valence-corrected chi connectivity index (χ1v) is 6.93. The number of hydrogen-bond donors (Lipinski definition) is 0. The summed E-state index contributed by atoms with van der Waals surface area (Å²) in [5.41, 5.74) is 5.43. The van der Waals surface area contributed by atoms with Crippen LogP contribution in [0.25, 0.3) is 16.7 Å². The van der Waals surface area contributed by atoms with Crippen LogP contribution >= 0.6 is 0 Å². The van der Waals surface area contributed by atoms with E-state index in [4.69, 9.17) is 4.74 Å². The number of ether oxygens (including phenoxy) is 1. The lowest BCUT2D eigenvalue weighted by Gasteiger charge is -2.24. The van der Waals surface area contributed by atoms with Crippen LogP contribution in [-0.2, 0) is 4.74 Å². The highest BCUT2D eigenvalue weighted by molar-refractivity contribution is 5.76. The van der Waals surface area contributed by atoms with Crippen LogP contribution in [0.15, 0.2) is 41.5 Å². The van der Waals surface area contributed by atoms with Crippen molar-refractivity contribution in [2.24, 2.45) is 5.92 Å². The molecule has 0 amide bonds.